The molecular weight excluding hydrogens is 440 g/mol. The molecule has 138 valence electrons. The van der Waals surface area contributed by atoms with Crippen LogP contribution in [0.25, 0.3) is 0 Å². The van der Waals surface area contributed by atoms with Crippen LogP contribution in [0.5, 0.6) is 0 Å². The molecule has 5 nitrogen and oxygen atoms in total. The van der Waals surface area contributed by atoms with E-state index < -0.39 is 10.0 Å². The molecule has 0 unspecified atom stereocenters. The van der Waals surface area contributed by atoms with E-state index in [1.807, 2.05) is 13.0 Å². The second-order valence-electron chi connectivity index (χ2n) is 6.30. The zero-order valence-electron chi connectivity index (χ0n) is 14.3. The third-order valence-corrected chi connectivity index (χ3v) is 6.45. The van der Waals surface area contributed by atoms with Crippen molar-refractivity contribution in [2.45, 2.75) is 37.8 Å². The minimum atomic E-state index is -3.81. The number of nitrogens with zero attached hydrogens (tertiary/aromatic N) is 1. The van der Waals surface area contributed by atoms with Gasteiger partial charge in [-0.05, 0) is 48.7 Å². The van der Waals surface area contributed by atoms with Gasteiger partial charge in [0.05, 0.1) is 5.69 Å². The molecule has 0 fully saturated rings. The van der Waals surface area contributed by atoms with Crippen LogP contribution in [0.2, 0.25) is 5.02 Å². The number of rotatable bonds is 4. The normalized spacial score (nSPS) is 16.6. The first-order valence-electron chi connectivity index (χ1n) is 8.05. The van der Waals surface area contributed by atoms with Gasteiger partial charge in [-0.25, -0.2) is 13.1 Å². The summed E-state index contributed by atoms with van der Waals surface area (Å²) in [5, 5.41) is 0.590. The molecule has 3 rings (SSSR count). The zero-order chi connectivity index (χ0) is 19.1. The third-order valence-electron chi connectivity index (χ3n) is 4.32. The number of hydrogen-bond donors (Lipinski definition) is 1. The number of fused-ring (bicyclic) bond motifs is 1. The highest BCUT2D eigenvalue weighted by Crippen LogP contribution is 2.40. The number of carbonyl (C=O) groups is 1. The van der Waals surface area contributed by atoms with Gasteiger partial charge in [0.25, 0.3) is 0 Å². The average molecular weight is 458 g/mol. The lowest BCUT2D eigenvalue weighted by atomic mass is 10.1. The van der Waals surface area contributed by atoms with Crippen molar-refractivity contribution in [1.82, 2.24) is 4.72 Å². The summed E-state index contributed by atoms with van der Waals surface area (Å²) in [6, 6.07) is 10.3. The highest BCUT2D eigenvalue weighted by molar-refractivity contribution is 9.10. The smallest absolute Gasteiger partial charge is 0.242 e. The van der Waals surface area contributed by atoms with Crippen LogP contribution < -0.4 is 9.62 Å². The fourth-order valence-electron chi connectivity index (χ4n) is 3.22. The van der Waals surface area contributed by atoms with Gasteiger partial charge in [-0.2, -0.15) is 0 Å². The van der Waals surface area contributed by atoms with Crippen molar-refractivity contribution in [2.24, 2.45) is 0 Å². The Kier molecular flexibility index (Phi) is 5.44. The highest BCUT2D eigenvalue weighted by Gasteiger charge is 2.35. The van der Waals surface area contributed by atoms with E-state index in [2.05, 4.69) is 20.7 Å². The second kappa shape index (κ2) is 7.31. The summed E-state index contributed by atoms with van der Waals surface area (Å²) in [7, 11) is -3.81. The molecule has 0 radical (unpaired) electrons. The molecule has 2 aromatic carbocycles. The SMILES string of the molecule is CC(=O)N1c2c(cc(Br)cc2S(=O)(=O)NCc2ccc(Cl)cc2)C[C@@H]1C. The topological polar surface area (TPSA) is 66.5 Å². The number of hydrogen-bond acceptors (Lipinski definition) is 3. The number of nitrogens with one attached hydrogen (secondary N) is 1. The summed E-state index contributed by atoms with van der Waals surface area (Å²) < 4.78 is 29.2. The Balaban J connectivity index is 1.98. The summed E-state index contributed by atoms with van der Waals surface area (Å²) in [6.45, 7) is 3.49. The van der Waals surface area contributed by atoms with Crippen LogP contribution in [0.4, 0.5) is 5.69 Å². The molecule has 0 aliphatic carbocycles. The molecule has 1 aliphatic rings. The van der Waals surface area contributed by atoms with Gasteiger partial charge in [0, 0.05) is 29.0 Å². The minimum Gasteiger partial charge on any atom is -0.308 e. The lowest BCUT2D eigenvalue weighted by Crippen LogP contribution is -2.35. The fraction of sp³-hybridized carbons (Fsp3) is 0.278. The van der Waals surface area contributed by atoms with E-state index in [4.69, 9.17) is 11.6 Å². The highest BCUT2D eigenvalue weighted by atomic mass is 79.9. The van der Waals surface area contributed by atoms with E-state index >= 15 is 0 Å². The summed E-state index contributed by atoms with van der Waals surface area (Å²) in [6.07, 6.45) is 0.619. The Morgan fingerprint density at radius 2 is 1.96 bits per heavy atom. The molecule has 0 saturated carbocycles. The van der Waals surface area contributed by atoms with Crippen molar-refractivity contribution in [3.8, 4) is 0 Å². The zero-order valence-corrected chi connectivity index (χ0v) is 17.5. The van der Waals surface area contributed by atoms with Crippen molar-refractivity contribution in [1.29, 1.82) is 0 Å². The maximum absolute atomic E-state index is 13.0. The lowest BCUT2D eigenvalue weighted by Gasteiger charge is -2.23. The number of benzene rings is 2. The van der Waals surface area contributed by atoms with Gasteiger partial charge in [-0.3, -0.25) is 4.79 Å². The monoisotopic (exact) mass is 456 g/mol. The molecule has 0 bridgehead atoms. The Hall–Kier alpha value is -1.41. The van der Waals surface area contributed by atoms with Gasteiger partial charge in [-0.15, -0.1) is 0 Å². The molecule has 0 spiro atoms. The molecule has 1 amide bonds. The van der Waals surface area contributed by atoms with Gasteiger partial charge < -0.3 is 4.90 Å². The molecule has 1 heterocycles. The van der Waals surface area contributed by atoms with Crippen molar-refractivity contribution < 1.29 is 13.2 Å². The first kappa shape index (κ1) is 19.4. The molecule has 1 atom stereocenters. The van der Waals surface area contributed by atoms with E-state index in [-0.39, 0.29) is 23.4 Å². The summed E-state index contributed by atoms with van der Waals surface area (Å²) >= 11 is 9.24. The quantitative estimate of drug-likeness (QED) is 0.758. The number of amides is 1. The van der Waals surface area contributed by atoms with Crippen LogP contribution in [0.3, 0.4) is 0 Å². The number of sulfonamides is 1. The van der Waals surface area contributed by atoms with Crippen LogP contribution in [0, 0.1) is 0 Å². The molecule has 2 aromatic rings. The standard InChI is InChI=1S/C18H18BrClN2O3S/c1-11-7-14-8-15(19)9-17(18(14)22(11)12(2)23)26(24,25)21-10-13-3-5-16(20)6-4-13/h3-6,8-9,11,21H,7,10H2,1-2H3/t11-/m0/s1. The van der Waals surface area contributed by atoms with E-state index in [1.54, 1.807) is 29.2 Å². The molecule has 0 aromatic heterocycles. The van der Waals surface area contributed by atoms with E-state index in [1.165, 1.54) is 13.0 Å². The van der Waals surface area contributed by atoms with Crippen molar-refractivity contribution in [2.75, 3.05) is 4.90 Å². The predicted octanol–water partition coefficient (Wildman–Crippen LogP) is 3.88. The summed E-state index contributed by atoms with van der Waals surface area (Å²) in [5.41, 5.74) is 2.10. The van der Waals surface area contributed by atoms with Gasteiger partial charge in [0.2, 0.25) is 15.9 Å². The van der Waals surface area contributed by atoms with Gasteiger partial charge in [0.15, 0.2) is 0 Å². The lowest BCUT2D eigenvalue weighted by molar-refractivity contribution is -0.116. The van der Waals surface area contributed by atoms with Gasteiger partial charge in [0.1, 0.15) is 4.90 Å². The Morgan fingerprint density at radius 1 is 1.31 bits per heavy atom. The summed E-state index contributed by atoms with van der Waals surface area (Å²) in [4.78, 5) is 13.7. The molecule has 1 N–H and O–H groups in total. The number of halogens is 2. The Labute approximate surface area is 166 Å². The maximum Gasteiger partial charge on any atom is 0.242 e. The predicted molar refractivity (Wildman–Crippen MR) is 106 cm³/mol. The molecule has 0 saturated heterocycles. The van der Waals surface area contributed by atoms with E-state index in [0.29, 0.717) is 21.6 Å². The molecular formula is C18H18BrClN2O3S. The van der Waals surface area contributed by atoms with Crippen LogP contribution in [-0.2, 0) is 27.8 Å². The first-order chi connectivity index (χ1) is 12.2. The van der Waals surface area contributed by atoms with Crippen LogP contribution >= 0.6 is 27.5 Å². The molecule has 8 heteroatoms. The fourth-order valence-corrected chi connectivity index (χ4v) is 5.28. The molecule has 26 heavy (non-hydrogen) atoms. The van der Waals surface area contributed by atoms with Crippen molar-refractivity contribution in [3.05, 3.63) is 57.0 Å². The third kappa shape index (κ3) is 3.81. The van der Waals surface area contributed by atoms with Crippen LogP contribution in [-0.4, -0.2) is 20.4 Å². The van der Waals surface area contributed by atoms with E-state index in [0.717, 1.165) is 11.1 Å². The summed E-state index contributed by atoms with van der Waals surface area (Å²) in [5.74, 6) is -0.173. The molecule has 1 aliphatic heterocycles. The van der Waals surface area contributed by atoms with Gasteiger partial charge in [-0.1, -0.05) is 39.7 Å². The van der Waals surface area contributed by atoms with E-state index in [9.17, 15) is 13.2 Å². The second-order valence-corrected chi connectivity index (χ2v) is 9.39. The average Bonchev–Trinajstić information content (AvgIpc) is 2.89. The maximum atomic E-state index is 13.0. The van der Waals surface area contributed by atoms with Crippen LogP contribution in [0.15, 0.2) is 45.8 Å². The largest absolute Gasteiger partial charge is 0.308 e. The van der Waals surface area contributed by atoms with Crippen molar-refractivity contribution in [3.63, 3.8) is 0 Å². The van der Waals surface area contributed by atoms with Crippen LogP contribution in [0.1, 0.15) is 25.0 Å². The Bertz CT molecular complexity index is 961. The Morgan fingerprint density at radius 3 is 2.58 bits per heavy atom. The number of carbonyl (C=O) groups excluding carboxylic acids is 1. The van der Waals surface area contributed by atoms with Gasteiger partial charge >= 0.3 is 0 Å². The number of anilines is 1. The first-order valence-corrected chi connectivity index (χ1v) is 10.7. The van der Waals surface area contributed by atoms with Crippen molar-refractivity contribution >= 4 is 49.1 Å². The minimum absolute atomic E-state index is 0.0815.